The second kappa shape index (κ2) is 7.74. The number of rotatable bonds is 6. The van der Waals surface area contributed by atoms with Crippen LogP contribution in [0.2, 0.25) is 0 Å². The van der Waals surface area contributed by atoms with Crippen LogP contribution in [0.1, 0.15) is 23.8 Å². The molecule has 0 saturated carbocycles. The van der Waals surface area contributed by atoms with Crippen LogP contribution < -0.4 is 5.32 Å². The number of piperidine rings is 1. The van der Waals surface area contributed by atoms with Gasteiger partial charge in [-0.05, 0) is 38.4 Å². The van der Waals surface area contributed by atoms with Crippen molar-refractivity contribution in [2.45, 2.75) is 18.9 Å². The third kappa shape index (κ3) is 5.00. The maximum atomic E-state index is 12.4. The molecule has 130 valence electrons. The molecule has 0 unspecified atom stereocenters. The molecular formula is C15H25N3O3S2. The fourth-order valence-electron chi connectivity index (χ4n) is 2.81. The van der Waals surface area contributed by atoms with Crippen molar-refractivity contribution < 1.29 is 13.2 Å². The molecular weight excluding hydrogens is 334 g/mol. The number of nitrogens with zero attached hydrogens (tertiary/aromatic N) is 2. The molecule has 1 saturated heterocycles. The van der Waals surface area contributed by atoms with Crippen molar-refractivity contribution in [3.8, 4) is 0 Å². The summed E-state index contributed by atoms with van der Waals surface area (Å²) in [6.45, 7) is 1.43. The fraction of sp³-hybridized carbons (Fsp3) is 0.667. The van der Waals surface area contributed by atoms with E-state index in [0.717, 1.165) is 0 Å². The minimum absolute atomic E-state index is 0.0292. The van der Waals surface area contributed by atoms with E-state index in [-0.39, 0.29) is 17.9 Å². The van der Waals surface area contributed by atoms with Crippen LogP contribution in [0.3, 0.4) is 0 Å². The standard InChI is InChI=1S/C15H25N3O3S2/c1-17(2)13(14-5-4-10-22-14)11-16-15(19)12-6-8-18(9-7-12)23(3,20)21/h4-5,10,12-13H,6-9,11H2,1-3H3,(H,16,19)/t13-/m1/s1. The van der Waals surface area contributed by atoms with Gasteiger partial charge >= 0.3 is 0 Å². The first-order valence-corrected chi connectivity index (χ1v) is 10.4. The molecule has 0 radical (unpaired) electrons. The van der Waals surface area contributed by atoms with Crippen molar-refractivity contribution in [2.24, 2.45) is 5.92 Å². The first kappa shape index (κ1) is 18.4. The number of carbonyl (C=O) groups is 1. The Morgan fingerprint density at radius 2 is 2.09 bits per heavy atom. The van der Waals surface area contributed by atoms with Crippen LogP contribution in [0.25, 0.3) is 0 Å². The lowest BCUT2D eigenvalue weighted by molar-refractivity contribution is -0.126. The van der Waals surface area contributed by atoms with E-state index in [2.05, 4.69) is 16.3 Å². The van der Waals surface area contributed by atoms with Crippen LogP contribution >= 0.6 is 11.3 Å². The van der Waals surface area contributed by atoms with Crippen molar-refractivity contribution >= 4 is 27.3 Å². The summed E-state index contributed by atoms with van der Waals surface area (Å²) < 4.78 is 24.5. The van der Waals surface area contributed by atoms with Crippen molar-refractivity contribution in [3.05, 3.63) is 22.4 Å². The molecule has 1 amide bonds. The molecule has 8 heteroatoms. The number of carbonyl (C=O) groups excluding carboxylic acids is 1. The average molecular weight is 360 g/mol. The number of hydrogen-bond acceptors (Lipinski definition) is 5. The van der Waals surface area contributed by atoms with Crippen LogP contribution in [0.4, 0.5) is 0 Å². The first-order chi connectivity index (χ1) is 10.8. The van der Waals surface area contributed by atoms with Crippen LogP contribution in [0, 0.1) is 5.92 Å². The van der Waals surface area contributed by atoms with Gasteiger partial charge in [-0.3, -0.25) is 4.79 Å². The normalized spacial score (nSPS) is 19.0. The van der Waals surface area contributed by atoms with Crippen LogP contribution in [-0.4, -0.2) is 63.5 Å². The highest BCUT2D eigenvalue weighted by atomic mass is 32.2. The molecule has 2 heterocycles. The molecule has 0 aliphatic carbocycles. The Kier molecular flexibility index (Phi) is 6.19. The van der Waals surface area contributed by atoms with Gasteiger partial charge in [0.2, 0.25) is 15.9 Å². The number of nitrogens with one attached hydrogen (secondary N) is 1. The molecule has 6 nitrogen and oxygen atoms in total. The Morgan fingerprint density at radius 3 is 2.57 bits per heavy atom. The molecule has 1 N–H and O–H groups in total. The van der Waals surface area contributed by atoms with E-state index >= 15 is 0 Å². The average Bonchev–Trinajstić information content (AvgIpc) is 3.00. The van der Waals surface area contributed by atoms with Gasteiger partial charge in [0.05, 0.1) is 12.3 Å². The first-order valence-electron chi connectivity index (χ1n) is 7.71. The number of amides is 1. The highest BCUT2D eigenvalue weighted by molar-refractivity contribution is 7.88. The number of likely N-dealkylation sites (N-methyl/N-ethyl adjacent to an activating group) is 1. The molecule has 2 rings (SSSR count). The maximum Gasteiger partial charge on any atom is 0.223 e. The Labute approximate surface area is 142 Å². The third-order valence-corrected chi connectivity index (χ3v) is 6.54. The summed E-state index contributed by atoms with van der Waals surface area (Å²) in [7, 11) is 0.857. The van der Waals surface area contributed by atoms with Gasteiger partial charge in [0.15, 0.2) is 0 Å². The Balaban J connectivity index is 1.85. The minimum Gasteiger partial charge on any atom is -0.354 e. The van der Waals surface area contributed by atoms with Crippen molar-refractivity contribution in [3.63, 3.8) is 0 Å². The Morgan fingerprint density at radius 1 is 1.43 bits per heavy atom. The lowest BCUT2D eigenvalue weighted by atomic mass is 9.97. The minimum atomic E-state index is -3.15. The predicted molar refractivity (Wildman–Crippen MR) is 92.9 cm³/mol. The monoisotopic (exact) mass is 359 g/mol. The lowest BCUT2D eigenvalue weighted by Crippen LogP contribution is -2.44. The predicted octanol–water partition coefficient (Wildman–Crippen LogP) is 1.14. The van der Waals surface area contributed by atoms with Gasteiger partial charge in [-0.15, -0.1) is 11.3 Å². The van der Waals surface area contributed by atoms with E-state index in [1.165, 1.54) is 15.4 Å². The molecule has 1 atom stereocenters. The van der Waals surface area contributed by atoms with E-state index < -0.39 is 10.0 Å². The fourth-order valence-corrected chi connectivity index (χ4v) is 4.61. The van der Waals surface area contributed by atoms with Gasteiger partial charge in [0, 0.05) is 30.4 Å². The summed E-state index contributed by atoms with van der Waals surface area (Å²) in [6, 6.07) is 4.25. The molecule has 0 aromatic carbocycles. The molecule has 0 bridgehead atoms. The largest absolute Gasteiger partial charge is 0.354 e. The van der Waals surface area contributed by atoms with Crippen LogP contribution in [0.5, 0.6) is 0 Å². The summed E-state index contributed by atoms with van der Waals surface area (Å²) in [6.07, 6.45) is 2.39. The van der Waals surface area contributed by atoms with Crippen LogP contribution in [-0.2, 0) is 14.8 Å². The van der Waals surface area contributed by atoms with Crippen molar-refractivity contribution in [2.75, 3.05) is 40.0 Å². The smallest absolute Gasteiger partial charge is 0.223 e. The highest BCUT2D eigenvalue weighted by Gasteiger charge is 2.29. The third-order valence-electron chi connectivity index (χ3n) is 4.26. The zero-order valence-electron chi connectivity index (χ0n) is 13.9. The zero-order valence-corrected chi connectivity index (χ0v) is 15.5. The second-order valence-corrected chi connectivity index (χ2v) is 9.14. The molecule has 1 aliphatic heterocycles. The molecule has 23 heavy (non-hydrogen) atoms. The number of sulfonamides is 1. The molecule has 1 fully saturated rings. The quantitative estimate of drug-likeness (QED) is 0.827. The van der Waals surface area contributed by atoms with E-state index in [1.807, 2.05) is 25.5 Å². The van der Waals surface area contributed by atoms with Gasteiger partial charge in [0.25, 0.3) is 0 Å². The molecule has 1 aliphatic rings. The van der Waals surface area contributed by atoms with E-state index in [9.17, 15) is 13.2 Å². The summed E-state index contributed by atoms with van der Waals surface area (Å²) in [5, 5.41) is 5.07. The number of thiophene rings is 1. The van der Waals surface area contributed by atoms with E-state index in [4.69, 9.17) is 0 Å². The van der Waals surface area contributed by atoms with Gasteiger partial charge in [-0.25, -0.2) is 12.7 Å². The van der Waals surface area contributed by atoms with Crippen molar-refractivity contribution in [1.29, 1.82) is 0 Å². The van der Waals surface area contributed by atoms with Gasteiger partial charge in [-0.2, -0.15) is 0 Å². The maximum absolute atomic E-state index is 12.4. The molecule has 0 spiro atoms. The van der Waals surface area contributed by atoms with Crippen LogP contribution in [0.15, 0.2) is 17.5 Å². The molecule has 1 aromatic rings. The Bertz CT molecular complexity index is 606. The summed E-state index contributed by atoms with van der Waals surface area (Å²) >= 11 is 1.68. The van der Waals surface area contributed by atoms with E-state index in [0.29, 0.717) is 32.5 Å². The SMILES string of the molecule is CN(C)[C@H](CNC(=O)C1CCN(S(C)(=O)=O)CC1)c1cccs1. The van der Waals surface area contributed by atoms with Gasteiger partial charge in [-0.1, -0.05) is 6.07 Å². The lowest BCUT2D eigenvalue weighted by Gasteiger charge is -2.30. The number of hydrogen-bond donors (Lipinski definition) is 1. The Hall–Kier alpha value is -0.960. The summed E-state index contributed by atoms with van der Waals surface area (Å²) in [5.74, 6) is -0.0688. The summed E-state index contributed by atoms with van der Waals surface area (Å²) in [5.41, 5.74) is 0. The highest BCUT2D eigenvalue weighted by Crippen LogP contribution is 2.23. The van der Waals surface area contributed by atoms with Gasteiger partial charge in [0.1, 0.15) is 0 Å². The topological polar surface area (TPSA) is 69.7 Å². The second-order valence-electron chi connectivity index (χ2n) is 6.18. The van der Waals surface area contributed by atoms with Gasteiger partial charge < -0.3 is 10.2 Å². The molecule has 1 aromatic heterocycles. The van der Waals surface area contributed by atoms with Crippen molar-refractivity contribution in [1.82, 2.24) is 14.5 Å². The van der Waals surface area contributed by atoms with E-state index in [1.54, 1.807) is 11.3 Å². The zero-order chi connectivity index (χ0) is 17.0. The summed E-state index contributed by atoms with van der Waals surface area (Å²) in [4.78, 5) is 15.7.